The van der Waals surface area contributed by atoms with Crippen molar-refractivity contribution in [3.8, 4) is 0 Å². The van der Waals surface area contributed by atoms with Gasteiger partial charge < -0.3 is 15.4 Å². The first-order valence-corrected chi connectivity index (χ1v) is 9.26. The van der Waals surface area contributed by atoms with Crippen LogP contribution in [-0.2, 0) is 30.9 Å². The molecule has 0 bridgehead atoms. The van der Waals surface area contributed by atoms with Crippen LogP contribution in [0.4, 0.5) is 0 Å². The maximum Gasteiger partial charge on any atom is 0.191 e. The van der Waals surface area contributed by atoms with E-state index in [1.807, 2.05) is 28.9 Å². The van der Waals surface area contributed by atoms with Gasteiger partial charge in [-0.2, -0.15) is 5.10 Å². The second kappa shape index (κ2) is 10.8. The Morgan fingerprint density at radius 1 is 1.37 bits per heavy atom. The summed E-state index contributed by atoms with van der Waals surface area (Å²) in [5.74, 6) is 2.58. The van der Waals surface area contributed by atoms with E-state index in [-0.39, 0.29) is 30.0 Å². The number of aromatic nitrogens is 3. The van der Waals surface area contributed by atoms with E-state index < -0.39 is 0 Å². The Morgan fingerprint density at radius 2 is 2.15 bits per heavy atom. The molecule has 148 valence electrons. The van der Waals surface area contributed by atoms with Crippen LogP contribution in [0.1, 0.15) is 30.6 Å². The molecule has 1 aliphatic heterocycles. The number of hydrogen-bond donors (Lipinski definition) is 2. The largest absolute Gasteiger partial charge is 0.377 e. The minimum atomic E-state index is 0. The number of aryl methyl sites for hydroxylation is 1. The van der Waals surface area contributed by atoms with Crippen LogP contribution < -0.4 is 10.6 Å². The number of ether oxygens (including phenoxy) is 1. The monoisotopic (exact) mass is 504 g/mol. The molecule has 0 amide bonds. The zero-order chi connectivity index (χ0) is 18.4. The van der Waals surface area contributed by atoms with Gasteiger partial charge in [0.25, 0.3) is 0 Å². The highest BCUT2D eigenvalue weighted by atomic mass is 127. The third kappa shape index (κ3) is 6.32. The number of nitrogens with zero attached hydrogens (tertiary/aromatic N) is 4. The summed E-state index contributed by atoms with van der Waals surface area (Å²) in [5, 5.41) is 12.1. The van der Waals surface area contributed by atoms with Gasteiger partial charge in [-0.05, 0) is 31.0 Å². The van der Waals surface area contributed by atoms with Crippen molar-refractivity contribution in [1.29, 1.82) is 0 Å². The van der Waals surface area contributed by atoms with E-state index >= 15 is 0 Å². The Morgan fingerprint density at radius 3 is 2.85 bits per heavy atom. The Bertz CT molecular complexity index is 749. The molecule has 2 heterocycles. The number of rotatable bonds is 6. The summed E-state index contributed by atoms with van der Waals surface area (Å²) in [6, 6.07) is 8.03. The Kier molecular flexibility index (Phi) is 8.78. The predicted octanol–water partition coefficient (Wildman–Crippen LogP) is 2.77. The average Bonchev–Trinajstić information content (AvgIpc) is 3.03. The number of halogens is 2. The molecular weight excluding hydrogens is 479 g/mol. The van der Waals surface area contributed by atoms with Gasteiger partial charge in [0, 0.05) is 31.1 Å². The number of aliphatic imine (C=N–C) groups is 1. The molecular formula is C18H26ClIN6O. The van der Waals surface area contributed by atoms with Crippen molar-refractivity contribution < 1.29 is 4.74 Å². The van der Waals surface area contributed by atoms with E-state index in [9.17, 15) is 0 Å². The fourth-order valence-electron chi connectivity index (χ4n) is 2.94. The van der Waals surface area contributed by atoms with Gasteiger partial charge in [0.1, 0.15) is 12.4 Å². The maximum atomic E-state index is 5.93. The third-order valence-electron chi connectivity index (χ3n) is 4.19. The second-order valence-corrected chi connectivity index (χ2v) is 6.70. The minimum Gasteiger partial charge on any atom is -0.377 e. The first-order valence-electron chi connectivity index (χ1n) is 8.88. The quantitative estimate of drug-likeness (QED) is 0.359. The molecule has 1 aliphatic rings. The van der Waals surface area contributed by atoms with E-state index in [1.54, 1.807) is 7.11 Å². The SMILES string of the molecule is CCNC(=NCc1ccc(Cl)cc1)NC1CCc2nc(COC)nn2C1.I. The van der Waals surface area contributed by atoms with Crippen LogP contribution in [0.5, 0.6) is 0 Å². The van der Waals surface area contributed by atoms with Crippen molar-refractivity contribution in [2.24, 2.45) is 4.99 Å². The van der Waals surface area contributed by atoms with Crippen LogP contribution in [0.25, 0.3) is 0 Å². The lowest BCUT2D eigenvalue weighted by atomic mass is 10.1. The van der Waals surface area contributed by atoms with E-state index in [2.05, 4.69) is 32.6 Å². The molecule has 0 spiro atoms. The highest BCUT2D eigenvalue weighted by Crippen LogP contribution is 2.14. The number of fused-ring (bicyclic) bond motifs is 1. The van der Waals surface area contributed by atoms with Crippen LogP contribution >= 0.6 is 35.6 Å². The van der Waals surface area contributed by atoms with Crippen LogP contribution in [0.2, 0.25) is 5.02 Å². The van der Waals surface area contributed by atoms with E-state index in [0.717, 1.165) is 54.1 Å². The summed E-state index contributed by atoms with van der Waals surface area (Å²) < 4.78 is 7.09. The third-order valence-corrected chi connectivity index (χ3v) is 4.45. The van der Waals surface area contributed by atoms with Gasteiger partial charge in [0.15, 0.2) is 11.8 Å². The van der Waals surface area contributed by atoms with Gasteiger partial charge in [-0.3, -0.25) is 0 Å². The van der Waals surface area contributed by atoms with Crippen molar-refractivity contribution >= 4 is 41.5 Å². The van der Waals surface area contributed by atoms with Crippen molar-refractivity contribution in [1.82, 2.24) is 25.4 Å². The van der Waals surface area contributed by atoms with Crippen molar-refractivity contribution in [2.75, 3.05) is 13.7 Å². The molecule has 0 aliphatic carbocycles. The zero-order valence-electron chi connectivity index (χ0n) is 15.6. The number of guanidine groups is 1. The lowest BCUT2D eigenvalue weighted by Gasteiger charge is -2.25. The van der Waals surface area contributed by atoms with E-state index in [0.29, 0.717) is 13.2 Å². The molecule has 3 rings (SSSR count). The first kappa shape index (κ1) is 21.9. The summed E-state index contributed by atoms with van der Waals surface area (Å²) in [5.41, 5.74) is 1.12. The van der Waals surface area contributed by atoms with Crippen LogP contribution in [-0.4, -0.2) is 40.4 Å². The minimum absolute atomic E-state index is 0. The maximum absolute atomic E-state index is 5.93. The number of nitrogens with one attached hydrogen (secondary N) is 2. The standard InChI is InChI=1S/C18H25ClN6O.HI/c1-3-20-18(21-10-13-4-6-14(19)7-5-13)22-15-8-9-17-23-16(12-26-2)24-25(17)11-15;/h4-7,15H,3,8-12H2,1-2H3,(H2,20,21,22);1H. The van der Waals surface area contributed by atoms with E-state index in [4.69, 9.17) is 16.3 Å². The summed E-state index contributed by atoms with van der Waals surface area (Å²) in [6.07, 6.45) is 1.89. The summed E-state index contributed by atoms with van der Waals surface area (Å²) in [4.78, 5) is 9.20. The molecule has 7 nitrogen and oxygen atoms in total. The van der Waals surface area contributed by atoms with Gasteiger partial charge in [-0.1, -0.05) is 23.7 Å². The van der Waals surface area contributed by atoms with Crippen LogP contribution in [0.3, 0.4) is 0 Å². The molecule has 0 radical (unpaired) electrons. The molecule has 27 heavy (non-hydrogen) atoms. The van der Waals surface area contributed by atoms with Crippen LogP contribution in [0, 0.1) is 0 Å². The average molecular weight is 505 g/mol. The highest BCUT2D eigenvalue weighted by Gasteiger charge is 2.22. The molecule has 2 N–H and O–H groups in total. The molecule has 0 saturated heterocycles. The van der Waals surface area contributed by atoms with Gasteiger partial charge in [0.05, 0.1) is 13.1 Å². The fraction of sp³-hybridized carbons (Fsp3) is 0.500. The molecule has 1 aromatic heterocycles. The van der Waals surface area contributed by atoms with Gasteiger partial charge >= 0.3 is 0 Å². The van der Waals surface area contributed by atoms with Crippen molar-refractivity contribution in [2.45, 2.75) is 45.5 Å². The van der Waals surface area contributed by atoms with Gasteiger partial charge in [0.2, 0.25) is 0 Å². The normalized spacial score (nSPS) is 16.4. The molecule has 0 saturated carbocycles. The molecule has 9 heteroatoms. The van der Waals surface area contributed by atoms with Crippen molar-refractivity contribution in [3.05, 3.63) is 46.5 Å². The summed E-state index contributed by atoms with van der Waals surface area (Å²) >= 11 is 5.93. The second-order valence-electron chi connectivity index (χ2n) is 6.26. The fourth-order valence-corrected chi connectivity index (χ4v) is 3.07. The lowest BCUT2D eigenvalue weighted by Crippen LogP contribution is -2.47. The number of methoxy groups -OCH3 is 1. The van der Waals surface area contributed by atoms with Gasteiger partial charge in [-0.15, -0.1) is 24.0 Å². The number of hydrogen-bond acceptors (Lipinski definition) is 4. The predicted molar refractivity (Wildman–Crippen MR) is 118 cm³/mol. The molecule has 1 unspecified atom stereocenters. The lowest BCUT2D eigenvalue weighted by molar-refractivity contribution is 0.177. The van der Waals surface area contributed by atoms with Gasteiger partial charge in [-0.25, -0.2) is 14.7 Å². The molecule has 1 atom stereocenters. The highest BCUT2D eigenvalue weighted by molar-refractivity contribution is 14.0. The molecule has 0 fully saturated rings. The Balaban J connectivity index is 0.00000261. The molecule has 2 aromatic rings. The van der Waals surface area contributed by atoms with Crippen molar-refractivity contribution in [3.63, 3.8) is 0 Å². The zero-order valence-corrected chi connectivity index (χ0v) is 18.7. The smallest absolute Gasteiger partial charge is 0.191 e. The number of benzene rings is 1. The topological polar surface area (TPSA) is 76.4 Å². The summed E-state index contributed by atoms with van der Waals surface area (Å²) in [6.45, 7) is 4.70. The summed E-state index contributed by atoms with van der Waals surface area (Å²) in [7, 11) is 1.66. The molecule has 1 aromatic carbocycles. The van der Waals surface area contributed by atoms with Crippen LogP contribution in [0.15, 0.2) is 29.3 Å². The Hall–Kier alpha value is -1.39. The Labute approximate surface area is 182 Å². The first-order chi connectivity index (χ1) is 12.7. The van der Waals surface area contributed by atoms with E-state index in [1.165, 1.54) is 0 Å².